The molecule has 0 bridgehead atoms. The Balaban J connectivity index is 0.000000289. The zero-order valence-electron chi connectivity index (χ0n) is 39.6. The van der Waals surface area contributed by atoms with Crippen molar-refractivity contribution in [1.82, 2.24) is 0 Å². The summed E-state index contributed by atoms with van der Waals surface area (Å²) in [5, 5.41) is 32.4. The molecule has 8 rings (SSSR count). The van der Waals surface area contributed by atoms with E-state index < -0.39 is 46.0 Å². The van der Waals surface area contributed by atoms with Crippen LogP contribution in [-0.4, -0.2) is 79.2 Å². The number of carboxylic acid groups (broad SMARTS) is 2. The van der Waals surface area contributed by atoms with E-state index in [1.54, 1.807) is 26.0 Å². The zero-order chi connectivity index (χ0) is 47.6. The third-order valence-electron chi connectivity index (χ3n) is 14.6. The van der Waals surface area contributed by atoms with E-state index in [0.717, 1.165) is 37.7 Å². The highest BCUT2D eigenvalue weighted by molar-refractivity contribution is 6.17. The number of carboxylic acids is 2. The molecule has 0 amide bonds. The second kappa shape index (κ2) is 17.2. The number of allylic oxidation sites excluding steroid dienone is 7. The average molecular weight is 895 g/mol. The van der Waals surface area contributed by atoms with Gasteiger partial charge in [-0.15, -0.1) is 0 Å². The number of carbonyl (C=O) groups excluding carboxylic acids is 2. The number of rotatable bonds is 9. The maximum absolute atomic E-state index is 14.7. The molecule has 5 aliphatic heterocycles. The molecule has 5 heterocycles. The predicted octanol–water partition coefficient (Wildman–Crippen LogP) is 10.3. The molecule has 3 fully saturated rings. The van der Waals surface area contributed by atoms with Crippen LogP contribution in [0, 0.1) is 11.8 Å². The summed E-state index contributed by atoms with van der Waals surface area (Å²) in [5.41, 5.74) is -0.755. The molecule has 65 heavy (non-hydrogen) atoms. The van der Waals surface area contributed by atoms with E-state index in [-0.39, 0.29) is 64.3 Å². The maximum atomic E-state index is 14.7. The number of fused-ring (bicyclic) bond motifs is 5. The number of Topliss-reactive ketones (excluding diaryl/α,β-unsaturated/α-hetero) is 1. The fraction of sp³-hybridized carbons (Fsp3) is 0.547. The minimum absolute atomic E-state index is 0.0407. The van der Waals surface area contributed by atoms with Gasteiger partial charge in [0.1, 0.15) is 40.6 Å². The smallest absolute Gasteiger partial charge is 0.340 e. The summed E-state index contributed by atoms with van der Waals surface area (Å²) in [6.07, 6.45) is 19.4. The molecular weight excluding hydrogens is 829 g/mol. The minimum Gasteiger partial charge on any atom is -0.506 e. The van der Waals surface area contributed by atoms with Crippen molar-refractivity contribution in [3.8, 4) is 17.2 Å². The zero-order valence-corrected chi connectivity index (χ0v) is 39.6. The van der Waals surface area contributed by atoms with E-state index in [9.17, 15) is 34.5 Å². The maximum Gasteiger partial charge on any atom is 0.340 e. The predicted molar refractivity (Wildman–Crippen MR) is 246 cm³/mol. The fourth-order valence-electron chi connectivity index (χ4n) is 10.9. The Labute approximate surface area is 382 Å². The third-order valence-corrected chi connectivity index (χ3v) is 14.6. The van der Waals surface area contributed by atoms with Gasteiger partial charge in [-0.3, -0.25) is 4.79 Å². The molecule has 12 nitrogen and oxygen atoms in total. The van der Waals surface area contributed by atoms with Crippen LogP contribution in [0.25, 0.3) is 6.08 Å². The van der Waals surface area contributed by atoms with Crippen LogP contribution in [0.4, 0.5) is 0 Å². The third kappa shape index (κ3) is 8.34. The standard InChI is InChI=1S/C38H46O9.C15H20O3/c1-21(2)11-10-18-36(8)19-17-24-29(39)28-30(40)26-12-9-13-27-35(6,7)47-37(34(43)44,20-16-23(5)33(41)42)38(26,27)46-32(28)25(31(24)45-36)15-14-22(3)4;1-9-5-4-8-15(3)13(18-15)12-11(7-6-9)10(2)14(16)17-12/h11-12,14,16-17,19,27,39H,9-10,13,15,18,20H2,1-8H3,(H,41,42)(H,43,44);5,11-13H,2,4,6-8H2,1,3H3. The number of esters is 1. The summed E-state index contributed by atoms with van der Waals surface area (Å²) in [6, 6.07) is 0. The van der Waals surface area contributed by atoms with Gasteiger partial charge >= 0.3 is 17.9 Å². The molecule has 1 spiro atoms. The Morgan fingerprint density at radius 1 is 0.923 bits per heavy atom. The van der Waals surface area contributed by atoms with Crippen molar-refractivity contribution >= 4 is 29.8 Å². The first-order valence-electron chi connectivity index (χ1n) is 23.0. The highest BCUT2D eigenvalue weighted by Crippen LogP contribution is 2.64. The van der Waals surface area contributed by atoms with E-state index >= 15 is 0 Å². The SMILES string of the molecule is C=C1C(=O)OC2C1CCC(C)=CCCC1(C)OC21.CC(C)=CCCC1(C)C=Cc2c(O)c3c(c(CC=C(C)C)c2O1)OC12C(=CCCC1C(C)(C)OC2(CC=C(C)C(=O)O)C(=O)O)C3=O. The van der Waals surface area contributed by atoms with Crippen molar-refractivity contribution in [2.24, 2.45) is 11.8 Å². The van der Waals surface area contributed by atoms with Crippen molar-refractivity contribution in [3.05, 3.63) is 93.2 Å². The van der Waals surface area contributed by atoms with Gasteiger partial charge in [0.05, 0.1) is 16.8 Å². The van der Waals surface area contributed by atoms with Gasteiger partial charge in [0.15, 0.2) is 11.4 Å². The van der Waals surface area contributed by atoms with Crippen molar-refractivity contribution < 1.29 is 58.2 Å². The van der Waals surface area contributed by atoms with E-state index in [1.165, 1.54) is 24.1 Å². The van der Waals surface area contributed by atoms with Crippen molar-refractivity contribution in [1.29, 1.82) is 0 Å². The summed E-state index contributed by atoms with van der Waals surface area (Å²) >= 11 is 0. The topological polar surface area (TPSA) is 178 Å². The summed E-state index contributed by atoms with van der Waals surface area (Å²) in [5.74, 6) is -3.63. The summed E-state index contributed by atoms with van der Waals surface area (Å²) < 4.78 is 31.6. The van der Waals surface area contributed by atoms with Gasteiger partial charge in [-0.2, -0.15) is 0 Å². The number of ketones is 1. The van der Waals surface area contributed by atoms with E-state index in [1.807, 2.05) is 46.8 Å². The second-order valence-electron chi connectivity index (χ2n) is 20.5. The van der Waals surface area contributed by atoms with Crippen LogP contribution in [0.2, 0.25) is 0 Å². The van der Waals surface area contributed by atoms with Gasteiger partial charge in [-0.1, -0.05) is 53.7 Å². The number of phenolic OH excluding ortho intramolecular Hbond substituents is 1. The molecule has 350 valence electrons. The quantitative estimate of drug-likeness (QED) is 0.0926. The Morgan fingerprint density at radius 3 is 2.29 bits per heavy atom. The lowest BCUT2D eigenvalue weighted by Gasteiger charge is -2.50. The van der Waals surface area contributed by atoms with Gasteiger partial charge in [-0.25, -0.2) is 14.4 Å². The molecule has 3 saturated heterocycles. The number of ether oxygens (including phenoxy) is 5. The molecule has 2 aliphatic carbocycles. The number of aromatic hydroxyl groups is 1. The number of epoxide rings is 1. The van der Waals surface area contributed by atoms with Crippen molar-refractivity contribution in [2.45, 2.75) is 174 Å². The van der Waals surface area contributed by atoms with Crippen LogP contribution >= 0.6 is 0 Å². The first kappa shape index (κ1) is 47.8. The molecule has 0 aromatic heterocycles. The first-order valence-corrected chi connectivity index (χ1v) is 23.0. The van der Waals surface area contributed by atoms with Crippen LogP contribution in [0.15, 0.2) is 76.5 Å². The van der Waals surface area contributed by atoms with E-state index in [0.29, 0.717) is 48.1 Å². The normalized spacial score (nSPS) is 32.6. The van der Waals surface area contributed by atoms with E-state index in [2.05, 4.69) is 32.6 Å². The number of phenols is 1. The number of carbonyl (C=O) groups is 4. The molecule has 1 aromatic carbocycles. The molecule has 8 unspecified atom stereocenters. The Kier molecular flexibility index (Phi) is 12.7. The van der Waals surface area contributed by atoms with Gasteiger partial charge in [0.2, 0.25) is 5.60 Å². The molecule has 7 aliphatic rings. The monoisotopic (exact) mass is 894 g/mol. The summed E-state index contributed by atoms with van der Waals surface area (Å²) in [4.78, 5) is 51.7. The lowest BCUT2D eigenvalue weighted by molar-refractivity contribution is -0.184. The van der Waals surface area contributed by atoms with Crippen LogP contribution in [0.5, 0.6) is 17.2 Å². The molecule has 1 aromatic rings. The van der Waals surface area contributed by atoms with E-state index in [4.69, 9.17) is 23.7 Å². The minimum atomic E-state index is -2.16. The first-order chi connectivity index (χ1) is 30.4. The Bertz CT molecular complexity index is 2400. The highest BCUT2D eigenvalue weighted by Gasteiger charge is 2.77. The van der Waals surface area contributed by atoms with Gasteiger partial charge < -0.3 is 39.0 Å². The Morgan fingerprint density at radius 2 is 1.63 bits per heavy atom. The van der Waals surface area contributed by atoms with Crippen molar-refractivity contribution in [3.63, 3.8) is 0 Å². The number of hydrogen-bond donors (Lipinski definition) is 3. The lowest BCUT2D eigenvalue weighted by Crippen LogP contribution is -2.66. The highest BCUT2D eigenvalue weighted by atomic mass is 16.6. The molecular formula is C53H66O12. The lowest BCUT2D eigenvalue weighted by atomic mass is 9.60. The summed E-state index contributed by atoms with van der Waals surface area (Å²) in [7, 11) is 0. The molecule has 3 N–H and O–H groups in total. The Hall–Kier alpha value is -5.20. The number of benzene rings is 1. The summed E-state index contributed by atoms with van der Waals surface area (Å²) in [6.45, 7) is 23.1. The molecule has 8 atom stereocenters. The largest absolute Gasteiger partial charge is 0.506 e. The van der Waals surface area contributed by atoms with Gasteiger partial charge in [-0.05, 0) is 139 Å². The number of aliphatic carboxylic acids is 2. The van der Waals surface area contributed by atoms with Crippen LogP contribution in [0.1, 0.15) is 149 Å². The average Bonchev–Trinajstić information content (AvgIpc) is 3.74. The van der Waals surface area contributed by atoms with Gasteiger partial charge in [0, 0.05) is 40.5 Å². The molecule has 0 saturated carbocycles. The second-order valence-corrected chi connectivity index (χ2v) is 20.5. The molecule has 0 radical (unpaired) electrons. The van der Waals surface area contributed by atoms with Gasteiger partial charge in [0.25, 0.3) is 0 Å². The van der Waals surface area contributed by atoms with Crippen LogP contribution < -0.4 is 9.47 Å². The van der Waals surface area contributed by atoms with Crippen LogP contribution in [-0.2, 0) is 35.0 Å². The van der Waals surface area contributed by atoms with Crippen LogP contribution in [0.3, 0.4) is 0 Å². The fourth-order valence-corrected chi connectivity index (χ4v) is 10.9. The van der Waals surface area contributed by atoms with Crippen molar-refractivity contribution in [2.75, 3.05) is 0 Å². The molecule has 12 heteroatoms. The number of hydrogen-bond acceptors (Lipinski definition) is 10.